The van der Waals surface area contributed by atoms with Crippen molar-refractivity contribution in [2.75, 3.05) is 31.2 Å². The Morgan fingerprint density at radius 2 is 2.06 bits per heavy atom. The predicted octanol–water partition coefficient (Wildman–Crippen LogP) is 1.30. The van der Waals surface area contributed by atoms with Crippen LogP contribution in [0.15, 0.2) is 18.2 Å². The molecule has 0 aromatic heterocycles. The SMILES string of the molecule is N#Cc1cc(N2CCOCC2)cc([N+](=O)[O-])c1. The van der Waals surface area contributed by atoms with Crippen molar-refractivity contribution in [2.24, 2.45) is 0 Å². The van der Waals surface area contributed by atoms with Crippen molar-refractivity contribution in [1.29, 1.82) is 5.26 Å². The fourth-order valence-corrected chi connectivity index (χ4v) is 1.77. The molecule has 6 nitrogen and oxygen atoms in total. The molecule has 1 heterocycles. The molecule has 6 heteroatoms. The van der Waals surface area contributed by atoms with Crippen molar-refractivity contribution in [3.8, 4) is 6.07 Å². The zero-order valence-corrected chi connectivity index (χ0v) is 9.13. The standard InChI is InChI=1S/C11H11N3O3/c12-8-9-5-10(7-11(6-9)14(15)16)13-1-3-17-4-2-13/h5-7H,1-4H2. The minimum Gasteiger partial charge on any atom is -0.378 e. The summed E-state index contributed by atoms with van der Waals surface area (Å²) in [7, 11) is 0. The Balaban J connectivity index is 2.35. The van der Waals surface area contributed by atoms with Crippen LogP contribution < -0.4 is 4.90 Å². The van der Waals surface area contributed by atoms with E-state index in [2.05, 4.69) is 0 Å². The minimum atomic E-state index is -0.481. The zero-order valence-electron chi connectivity index (χ0n) is 9.13. The van der Waals surface area contributed by atoms with E-state index in [0.29, 0.717) is 37.6 Å². The van der Waals surface area contributed by atoms with Crippen molar-refractivity contribution in [3.05, 3.63) is 33.9 Å². The molecule has 1 aromatic carbocycles. The normalized spacial score (nSPS) is 15.4. The van der Waals surface area contributed by atoms with Gasteiger partial charge in [-0.2, -0.15) is 5.26 Å². The first kappa shape index (κ1) is 11.4. The fourth-order valence-electron chi connectivity index (χ4n) is 1.77. The molecule has 0 aliphatic carbocycles. The molecule has 1 aliphatic heterocycles. The van der Waals surface area contributed by atoms with Gasteiger partial charge in [0.25, 0.3) is 5.69 Å². The molecule has 0 amide bonds. The van der Waals surface area contributed by atoms with E-state index in [4.69, 9.17) is 10.00 Å². The third-order valence-electron chi connectivity index (χ3n) is 2.62. The third-order valence-corrected chi connectivity index (χ3v) is 2.62. The zero-order chi connectivity index (χ0) is 12.3. The van der Waals surface area contributed by atoms with E-state index in [9.17, 15) is 10.1 Å². The lowest BCUT2D eigenvalue weighted by Crippen LogP contribution is -2.36. The third kappa shape index (κ3) is 2.52. The molecule has 1 aromatic rings. The van der Waals surface area contributed by atoms with Crippen molar-refractivity contribution in [3.63, 3.8) is 0 Å². The summed E-state index contributed by atoms with van der Waals surface area (Å²) < 4.78 is 5.21. The quantitative estimate of drug-likeness (QED) is 0.568. The van der Waals surface area contributed by atoms with Gasteiger partial charge in [0.05, 0.1) is 29.8 Å². The molecule has 17 heavy (non-hydrogen) atoms. The molecule has 0 N–H and O–H groups in total. The number of hydrogen-bond donors (Lipinski definition) is 0. The van der Waals surface area contributed by atoms with Crippen molar-refractivity contribution < 1.29 is 9.66 Å². The lowest BCUT2D eigenvalue weighted by atomic mass is 10.1. The van der Waals surface area contributed by atoms with E-state index in [1.54, 1.807) is 6.07 Å². The lowest BCUT2D eigenvalue weighted by Gasteiger charge is -2.28. The summed E-state index contributed by atoms with van der Waals surface area (Å²) in [5.41, 5.74) is 0.963. The number of rotatable bonds is 2. The first-order chi connectivity index (χ1) is 8.20. The summed E-state index contributed by atoms with van der Waals surface area (Å²) in [5.74, 6) is 0. The summed E-state index contributed by atoms with van der Waals surface area (Å²) in [4.78, 5) is 12.3. The van der Waals surface area contributed by atoms with Gasteiger partial charge in [-0.15, -0.1) is 0 Å². The molecule has 1 aliphatic rings. The number of nitrogens with zero attached hydrogens (tertiary/aromatic N) is 3. The predicted molar refractivity (Wildman–Crippen MR) is 60.8 cm³/mol. The molecule has 0 atom stereocenters. The van der Waals surface area contributed by atoms with Crippen molar-refractivity contribution in [2.45, 2.75) is 0 Å². The second-order valence-corrected chi connectivity index (χ2v) is 3.71. The van der Waals surface area contributed by atoms with E-state index >= 15 is 0 Å². The number of nitro benzene ring substituents is 1. The van der Waals surface area contributed by atoms with Crippen molar-refractivity contribution in [1.82, 2.24) is 0 Å². The van der Waals surface area contributed by atoms with Gasteiger partial charge >= 0.3 is 0 Å². The topological polar surface area (TPSA) is 79.4 Å². The summed E-state index contributed by atoms with van der Waals surface area (Å²) in [6.07, 6.45) is 0. The first-order valence-corrected chi connectivity index (χ1v) is 5.23. The summed E-state index contributed by atoms with van der Waals surface area (Å²) >= 11 is 0. The Bertz CT molecular complexity index is 475. The number of nitro groups is 1. The number of hydrogen-bond acceptors (Lipinski definition) is 5. The number of ether oxygens (including phenoxy) is 1. The van der Waals surface area contributed by atoms with Gasteiger partial charge in [-0.25, -0.2) is 0 Å². The highest BCUT2D eigenvalue weighted by molar-refractivity contribution is 5.58. The maximum atomic E-state index is 10.8. The van der Waals surface area contributed by atoms with Crippen molar-refractivity contribution >= 4 is 11.4 Å². The summed E-state index contributed by atoms with van der Waals surface area (Å²) in [6.45, 7) is 2.58. The van der Waals surface area contributed by atoms with Gasteiger partial charge in [0.1, 0.15) is 0 Å². The smallest absolute Gasteiger partial charge is 0.272 e. The molecule has 88 valence electrons. The van der Waals surface area contributed by atoms with Crippen LogP contribution in [0.25, 0.3) is 0 Å². The molecule has 0 spiro atoms. The Morgan fingerprint density at radius 1 is 1.35 bits per heavy atom. The highest BCUT2D eigenvalue weighted by atomic mass is 16.6. The van der Waals surface area contributed by atoms with E-state index in [1.165, 1.54) is 12.1 Å². The van der Waals surface area contributed by atoms with Gasteiger partial charge in [0, 0.05) is 30.9 Å². The number of morpholine rings is 1. The maximum absolute atomic E-state index is 10.8. The molecular formula is C11H11N3O3. The first-order valence-electron chi connectivity index (χ1n) is 5.23. The Hall–Kier alpha value is -2.13. The lowest BCUT2D eigenvalue weighted by molar-refractivity contribution is -0.384. The summed E-state index contributed by atoms with van der Waals surface area (Å²) in [6, 6.07) is 6.38. The van der Waals surface area contributed by atoms with Crippen LogP contribution in [0.2, 0.25) is 0 Å². The number of benzene rings is 1. The number of anilines is 1. The fraction of sp³-hybridized carbons (Fsp3) is 0.364. The van der Waals surface area contributed by atoms with E-state index < -0.39 is 4.92 Å². The van der Waals surface area contributed by atoms with Crippen LogP contribution in [-0.2, 0) is 4.74 Å². The molecule has 0 saturated carbocycles. The van der Waals surface area contributed by atoms with Crippen LogP contribution in [0.3, 0.4) is 0 Å². The molecule has 2 rings (SSSR count). The Kier molecular flexibility index (Phi) is 3.21. The van der Waals surface area contributed by atoms with E-state index in [0.717, 1.165) is 0 Å². The van der Waals surface area contributed by atoms with Crippen LogP contribution in [0.1, 0.15) is 5.56 Å². The monoisotopic (exact) mass is 233 g/mol. The highest BCUT2D eigenvalue weighted by Crippen LogP contribution is 2.24. The minimum absolute atomic E-state index is 0.0504. The molecular weight excluding hydrogens is 222 g/mol. The average molecular weight is 233 g/mol. The van der Waals surface area contributed by atoms with Crippen LogP contribution in [0.4, 0.5) is 11.4 Å². The van der Waals surface area contributed by atoms with Gasteiger partial charge in [0.2, 0.25) is 0 Å². The average Bonchev–Trinajstić information content (AvgIpc) is 2.39. The Labute approximate surface area is 98.2 Å². The Morgan fingerprint density at radius 3 is 2.65 bits per heavy atom. The summed E-state index contributed by atoms with van der Waals surface area (Å²) in [5, 5.41) is 19.6. The van der Waals surface area contributed by atoms with Gasteiger partial charge < -0.3 is 9.64 Å². The van der Waals surface area contributed by atoms with Gasteiger partial charge in [-0.3, -0.25) is 10.1 Å². The van der Waals surface area contributed by atoms with Crippen LogP contribution in [0, 0.1) is 21.4 Å². The molecule has 0 radical (unpaired) electrons. The maximum Gasteiger partial charge on any atom is 0.272 e. The van der Waals surface area contributed by atoms with E-state index in [-0.39, 0.29) is 5.69 Å². The van der Waals surface area contributed by atoms with Gasteiger partial charge in [-0.05, 0) is 6.07 Å². The number of nitriles is 1. The molecule has 0 unspecified atom stereocenters. The van der Waals surface area contributed by atoms with Gasteiger partial charge in [0.15, 0.2) is 0 Å². The largest absolute Gasteiger partial charge is 0.378 e. The molecule has 1 saturated heterocycles. The number of non-ortho nitro benzene ring substituents is 1. The van der Waals surface area contributed by atoms with Gasteiger partial charge in [-0.1, -0.05) is 0 Å². The second-order valence-electron chi connectivity index (χ2n) is 3.71. The van der Waals surface area contributed by atoms with E-state index in [1.807, 2.05) is 11.0 Å². The highest BCUT2D eigenvalue weighted by Gasteiger charge is 2.16. The van der Waals surface area contributed by atoms with Crippen LogP contribution in [0.5, 0.6) is 0 Å². The molecule has 0 bridgehead atoms. The van der Waals surface area contributed by atoms with Crippen LogP contribution in [-0.4, -0.2) is 31.2 Å². The second kappa shape index (κ2) is 4.80. The van der Waals surface area contributed by atoms with Crippen LogP contribution >= 0.6 is 0 Å². The molecule has 1 fully saturated rings.